The van der Waals surface area contributed by atoms with Crippen molar-refractivity contribution in [3.63, 3.8) is 0 Å². The molecule has 0 atom stereocenters. The van der Waals surface area contributed by atoms with Crippen molar-refractivity contribution in [2.24, 2.45) is 0 Å². The van der Waals surface area contributed by atoms with Crippen LogP contribution in [0.4, 0.5) is 0 Å². The molecule has 0 aromatic heterocycles. The smallest absolute Gasteiger partial charge is 0.159 e. The molecule has 0 bridgehead atoms. The second kappa shape index (κ2) is 4.60. The normalized spacial score (nSPS) is 8.10. The second-order valence-electron chi connectivity index (χ2n) is 1.92. The SMILES string of the molecule is CC(=O)c1ccccc1.[Pb]. The number of hydrogen-bond acceptors (Lipinski definition) is 1. The Balaban J connectivity index is 0.000000810. The zero-order chi connectivity index (χ0) is 6.69. The van der Waals surface area contributed by atoms with Crippen LogP contribution in [0.25, 0.3) is 0 Å². The van der Waals surface area contributed by atoms with Crippen LogP contribution in [0.5, 0.6) is 0 Å². The van der Waals surface area contributed by atoms with Crippen molar-refractivity contribution in [1.82, 2.24) is 0 Å². The average molecular weight is 327 g/mol. The van der Waals surface area contributed by atoms with Gasteiger partial charge in [-0.05, 0) is 6.92 Å². The Morgan fingerprint density at radius 1 is 1.20 bits per heavy atom. The molecule has 0 aliphatic carbocycles. The van der Waals surface area contributed by atoms with Gasteiger partial charge in [-0.25, -0.2) is 0 Å². The van der Waals surface area contributed by atoms with Gasteiger partial charge < -0.3 is 0 Å². The summed E-state index contributed by atoms with van der Waals surface area (Å²) in [6, 6.07) is 9.23. The van der Waals surface area contributed by atoms with Gasteiger partial charge in [0.25, 0.3) is 0 Å². The Labute approximate surface area is 80.6 Å². The first-order valence-electron chi connectivity index (χ1n) is 2.86. The molecule has 0 aliphatic rings. The van der Waals surface area contributed by atoms with E-state index in [0.29, 0.717) is 0 Å². The van der Waals surface area contributed by atoms with E-state index in [1.807, 2.05) is 30.3 Å². The van der Waals surface area contributed by atoms with Crippen LogP contribution in [0.1, 0.15) is 17.3 Å². The van der Waals surface area contributed by atoms with Crippen LogP contribution >= 0.6 is 0 Å². The number of benzene rings is 1. The molecule has 1 aromatic carbocycles. The van der Waals surface area contributed by atoms with Crippen molar-refractivity contribution in [1.29, 1.82) is 0 Å². The third-order valence-electron chi connectivity index (χ3n) is 1.18. The van der Waals surface area contributed by atoms with Crippen molar-refractivity contribution in [2.75, 3.05) is 0 Å². The Bertz CT molecular complexity index is 206. The second-order valence-corrected chi connectivity index (χ2v) is 1.92. The van der Waals surface area contributed by atoms with E-state index in [4.69, 9.17) is 0 Å². The number of ketones is 1. The van der Waals surface area contributed by atoms with Crippen molar-refractivity contribution in [3.05, 3.63) is 35.9 Å². The Hall–Kier alpha value is -0.188. The summed E-state index contributed by atoms with van der Waals surface area (Å²) in [6.45, 7) is 1.56. The molecule has 10 heavy (non-hydrogen) atoms. The van der Waals surface area contributed by atoms with E-state index in [1.54, 1.807) is 6.92 Å². The molecule has 0 heterocycles. The van der Waals surface area contributed by atoms with Crippen LogP contribution < -0.4 is 0 Å². The summed E-state index contributed by atoms with van der Waals surface area (Å²) in [5.41, 5.74) is 0.775. The molecule has 0 saturated heterocycles. The first-order chi connectivity index (χ1) is 4.30. The van der Waals surface area contributed by atoms with Crippen LogP contribution in [0, 0.1) is 0 Å². The standard InChI is InChI=1S/C8H8O.Pb/c1-7(9)8-5-3-2-4-6-8;/h2-6H,1H3;. The molecule has 0 fully saturated rings. The summed E-state index contributed by atoms with van der Waals surface area (Å²) < 4.78 is 0. The zero-order valence-corrected chi connectivity index (χ0v) is 9.68. The van der Waals surface area contributed by atoms with Gasteiger partial charge in [0, 0.05) is 32.9 Å². The molecule has 0 N–H and O–H groups in total. The first kappa shape index (κ1) is 9.81. The molecule has 2 heteroatoms. The quantitative estimate of drug-likeness (QED) is 0.564. The minimum Gasteiger partial charge on any atom is -0.295 e. The van der Waals surface area contributed by atoms with E-state index in [0.717, 1.165) is 5.56 Å². The molecule has 0 aliphatic heterocycles. The van der Waals surface area contributed by atoms with Gasteiger partial charge in [-0.3, -0.25) is 4.79 Å². The molecule has 50 valence electrons. The van der Waals surface area contributed by atoms with Crippen molar-refractivity contribution in [3.8, 4) is 0 Å². The van der Waals surface area contributed by atoms with Gasteiger partial charge in [0.05, 0.1) is 0 Å². The van der Waals surface area contributed by atoms with Crippen LogP contribution in [0.3, 0.4) is 0 Å². The van der Waals surface area contributed by atoms with Crippen LogP contribution in [-0.4, -0.2) is 33.1 Å². The van der Waals surface area contributed by atoms with Crippen LogP contribution in [0.15, 0.2) is 30.3 Å². The number of carbonyl (C=O) groups is 1. The third-order valence-corrected chi connectivity index (χ3v) is 1.18. The third kappa shape index (κ3) is 2.60. The summed E-state index contributed by atoms with van der Waals surface area (Å²) in [4.78, 5) is 10.6. The fourth-order valence-corrected chi connectivity index (χ4v) is 0.673. The van der Waals surface area contributed by atoms with E-state index in [-0.39, 0.29) is 33.1 Å². The average Bonchev–Trinajstić information content (AvgIpc) is 1.90. The maximum absolute atomic E-state index is 10.6. The van der Waals surface area contributed by atoms with Crippen LogP contribution in [-0.2, 0) is 0 Å². The van der Waals surface area contributed by atoms with Gasteiger partial charge in [-0.15, -0.1) is 0 Å². The molecule has 1 nitrogen and oxygen atoms in total. The molecule has 4 radical (unpaired) electrons. The van der Waals surface area contributed by atoms with Gasteiger partial charge in [0.15, 0.2) is 5.78 Å². The van der Waals surface area contributed by atoms with E-state index in [9.17, 15) is 4.79 Å². The summed E-state index contributed by atoms with van der Waals surface area (Å²) in [7, 11) is 0. The Morgan fingerprint density at radius 3 is 2.00 bits per heavy atom. The Morgan fingerprint density at radius 2 is 1.70 bits per heavy atom. The van der Waals surface area contributed by atoms with Gasteiger partial charge >= 0.3 is 0 Å². The number of carbonyl (C=O) groups excluding carboxylic acids is 1. The molecule has 1 aromatic rings. The maximum atomic E-state index is 10.6. The Kier molecular flexibility index (Phi) is 4.51. The topological polar surface area (TPSA) is 17.1 Å². The minimum absolute atomic E-state index is 0. The zero-order valence-electron chi connectivity index (χ0n) is 5.79. The minimum atomic E-state index is 0. The first-order valence-corrected chi connectivity index (χ1v) is 2.86. The number of hydrogen-bond donors (Lipinski definition) is 0. The van der Waals surface area contributed by atoms with Gasteiger partial charge in [0.1, 0.15) is 0 Å². The van der Waals surface area contributed by atoms with Gasteiger partial charge in [-0.2, -0.15) is 0 Å². The fraction of sp³-hybridized carbons (Fsp3) is 0.125. The predicted octanol–water partition coefficient (Wildman–Crippen LogP) is 1.51. The van der Waals surface area contributed by atoms with Crippen LogP contribution in [0.2, 0.25) is 0 Å². The monoisotopic (exact) mass is 328 g/mol. The molecular formula is C8H8OPb. The van der Waals surface area contributed by atoms with Gasteiger partial charge in [-0.1, -0.05) is 30.3 Å². The molecule has 0 saturated carbocycles. The van der Waals surface area contributed by atoms with E-state index >= 15 is 0 Å². The number of Topliss-reactive ketones (excluding diaryl/α,β-unsaturated/α-hetero) is 1. The molecular weight excluding hydrogens is 319 g/mol. The van der Waals surface area contributed by atoms with E-state index < -0.39 is 0 Å². The molecule has 0 unspecified atom stereocenters. The van der Waals surface area contributed by atoms with Gasteiger partial charge in [0.2, 0.25) is 0 Å². The van der Waals surface area contributed by atoms with Crippen molar-refractivity contribution >= 4 is 33.1 Å². The summed E-state index contributed by atoms with van der Waals surface area (Å²) >= 11 is 0. The largest absolute Gasteiger partial charge is 0.295 e. The molecule has 1 rings (SSSR count). The van der Waals surface area contributed by atoms with Crippen molar-refractivity contribution in [2.45, 2.75) is 6.92 Å². The summed E-state index contributed by atoms with van der Waals surface area (Å²) in [6.07, 6.45) is 0. The predicted molar refractivity (Wildman–Crippen MR) is 42.2 cm³/mol. The molecule has 0 spiro atoms. The molecule has 0 amide bonds. The fourth-order valence-electron chi connectivity index (χ4n) is 0.673. The van der Waals surface area contributed by atoms with E-state index in [2.05, 4.69) is 0 Å². The van der Waals surface area contributed by atoms with Crippen molar-refractivity contribution < 1.29 is 4.79 Å². The summed E-state index contributed by atoms with van der Waals surface area (Å²) in [5.74, 6) is 0.121. The van der Waals surface area contributed by atoms with E-state index in [1.165, 1.54) is 0 Å². The number of rotatable bonds is 1. The maximum Gasteiger partial charge on any atom is 0.159 e. The summed E-state index contributed by atoms with van der Waals surface area (Å²) in [5, 5.41) is 0.